The molecular weight excluding hydrogens is 345 g/mol. The van der Waals surface area contributed by atoms with Crippen LogP contribution in [0.25, 0.3) is 10.8 Å². The Morgan fingerprint density at radius 2 is 1.67 bits per heavy atom. The summed E-state index contributed by atoms with van der Waals surface area (Å²) in [5.74, 6) is 0.390. The maximum atomic E-state index is 12.4. The molecule has 1 atom stereocenters. The van der Waals surface area contributed by atoms with E-state index >= 15 is 0 Å². The highest BCUT2D eigenvalue weighted by Crippen LogP contribution is 2.27. The van der Waals surface area contributed by atoms with Crippen LogP contribution in [0.5, 0.6) is 5.75 Å². The summed E-state index contributed by atoms with van der Waals surface area (Å²) in [6.45, 7) is 1.70. The van der Waals surface area contributed by atoms with Crippen LogP contribution in [0, 0.1) is 0 Å². The zero-order valence-electron chi connectivity index (χ0n) is 12.9. The molecule has 0 aromatic heterocycles. The number of carbonyl (C=O) groups excluding carboxylic acids is 1. The smallest absolute Gasteiger partial charge is 0.265 e. The van der Waals surface area contributed by atoms with Gasteiger partial charge in [-0.3, -0.25) is 4.79 Å². The van der Waals surface area contributed by atoms with Gasteiger partial charge in [-0.15, -0.1) is 0 Å². The molecule has 0 radical (unpaired) electrons. The van der Waals surface area contributed by atoms with Gasteiger partial charge in [-0.2, -0.15) is 0 Å². The first-order chi connectivity index (χ1) is 11.5. The second-order valence-electron chi connectivity index (χ2n) is 5.38. The summed E-state index contributed by atoms with van der Waals surface area (Å²) in [6, 6.07) is 18.5. The number of nitrogens with one attached hydrogen (secondary N) is 1. The third kappa shape index (κ3) is 3.81. The number of benzene rings is 3. The molecule has 0 aliphatic rings. The summed E-state index contributed by atoms with van der Waals surface area (Å²) in [7, 11) is 0. The lowest BCUT2D eigenvalue weighted by atomic mass is 10.1. The predicted octanol–water partition coefficient (Wildman–Crippen LogP) is 5.55. The number of hydrogen-bond acceptors (Lipinski definition) is 2. The fraction of sp³-hybridized carbons (Fsp3) is 0.105. The largest absolute Gasteiger partial charge is 0.480 e. The van der Waals surface area contributed by atoms with Gasteiger partial charge in [0.1, 0.15) is 5.75 Å². The monoisotopic (exact) mass is 359 g/mol. The molecule has 0 fully saturated rings. The van der Waals surface area contributed by atoms with Crippen molar-refractivity contribution in [2.75, 3.05) is 5.32 Å². The molecule has 24 heavy (non-hydrogen) atoms. The van der Waals surface area contributed by atoms with E-state index in [0.717, 1.165) is 10.8 Å². The fourth-order valence-corrected chi connectivity index (χ4v) is 2.94. The third-order valence-electron chi connectivity index (χ3n) is 3.55. The van der Waals surface area contributed by atoms with E-state index in [0.29, 0.717) is 21.5 Å². The lowest BCUT2D eigenvalue weighted by molar-refractivity contribution is -0.122. The van der Waals surface area contributed by atoms with Gasteiger partial charge in [0.2, 0.25) is 0 Å². The molecule has 0 saturated carbocycles. The van der Waals surface area contributed by atoms with Gasteiger partial charge in [0.05, 0.1) is 0 Å². The molecule has 0 aliphatic heterocycles. The molecule has 3 rings (SSSR count). The van der Waals surface area contributed by atoms with Crippen LogP contribution in [-0.4, -0.2) is 12.0 Å². The highest BCUT2D eigenvalue weighted by molar-refractivity contribution is 6.35. The second-order valence-corrected chi connectivity index (χ2v) is 6.26. The first-order valence-corrected chi connectivity index (χ1v) is 8.20. The zero-order valence-corrected chi connectivity index (χ0v) is 14.4. The molecule has 0 aliphatic carbocycles. The van der Waals surface area contributed by atoms with Crippen LogP contribution < -0.4 is 10.1 Å². The number of ether oxygens (including phenoxy) is 1. The molecule has 1 unspecified atom stereocenters. The maximum Gasteiger partial charge on any atom is 0.265 e. The van der Waals surface area contributed by atoms with Crippen LogP contribution in [-0.2, 0) is 4.79 Å². The van der Waals surface area contributed by atoms with E-state index < -0.39 is 6.10 Å². The van der Waals surface area contributed by atoms with E-state index in [2.05, 4.69) is 5.32 Å². The van der Waals surface area contributed by atoms with Crippen LogP contribution in [0.4, 0.5) is 5.69 Å². The van der Waals surface area contributed by atoms with Gasteiger partial charge in [-0.05, 0) is 36.6 Å². The minimum atomic E-state index is -0.673. The third-order valence-corrected chi connectivity index (χ3v) is 3.99. The van der Waals surface area contributed by atoms with Crippen molar-refractivity contribution in [1.29, 1.82) is 0 Å². The van der Waals surface area contributed by atoms with Crippen molar-refractivity contribution in [3.8, 4) is 5.75 Å². The van der Waals surface area contributed by atoms with E-state index in [1.807, 2.05) is 42.5 Å². The first kappa shape index (κ1) is 16.6. The predicted molar refractivity (Wildman–Crippen MR) is 99.1 cm³/mol. The van der Waals surface area contributed by atoms with Crippen LogP contribution in [0.15, 0.2) is 60.7 Å². The van der Waals surface area contributed by atoms with Gasteiger partial charge >= 0.3 is 0 Å². The molecular formula is C19H15Cl2NO2. The van der Waals surface area contributed by atoms with E-state index in [-0.39, 0.29) is 5.91 Å². The van der Waals surface area contributed by atoms with Crippen LogP contribution in [0.1, 0.15) is 6.92 Å². The molecule has 0 spiro atoms. The molecule has 0 heterocycles. The number of halogens is 2. The summed E-state index contributed by atoms with van der Waals surface area (Å²) in [5, 5.41) is 5.70. The molecule has 0 bridgehead atoms. The molecule has 3 aromatic carbocycles. The van der Waals surface area contributed by atoms with E-state index in [1.165, 1.54) is 0 Å². The van der Waals surface area contributed by atoms with Crippen molar-refractivity contribution in [3.05, 3.63) is 70.7 Å². The Bertz CT molecular complexity index is 870. The number of hydrogen-bond donors (Lipinski definition) is 1. The summed E-state index contributed by atoms with van der Waals surface area (Å²) < 4.78 is 5.84. The van der Waals surface area contributed by atoms with Crippen LogP contribution >= 0.6 is 23.2 Å². The Hall–Kier alpha value is -2.23. The molecule has 1 N–H and O–H groups in total. The van der Waals surface area contributed by atoms with E-state index in [4.69, 9.17) is 27.9 Å². The van der Waals surface area contributed by atoms with E-state index in [9.17, 15) is 4.79 Å². The van der Waals surface area contributed by atoms with Crippen molar-refractivity contribution < 1.29 is 9.53 Å². The second kappa shape index (κ2) is 7.12. The Morgan fingerprint density at radius 1 is 1.00 bits per heavy atom. The van der Waals surface area contributed by atoms with Gasteiger partial charge in [0, 0.05) is 21.1 Å². The van der Waals surface area contributed by atoms with Gasteiger partial charge < -0.3 is 10.1 Å². The highest BCUT2D eigenvalue weighted by Gasteiger charge is 2.16. The van der Waals surface area contributed by atoms with Gasteiger partial charge in [-0.1, -0.05) is 59.6 Å². The van der Waals surface area contributed by atoms with Crippen LogP contribution in [0.2, 0.25) is 10.0 Å². The lowest BCUT2D eigenvalue weighted by Crippen LogP contribution is -2.30. The normalized spacial score (nSPS) is 12.0. The Balaban J connectivity index is 1.76. The van der Waals surface area contributed by atoms with Gasteiger partial charge in [-0.25, -0.2) is 0 Å². The minimum absolute atomic E-state index is 0.277. The maximum absolute atomic E-state index is 12.4. The summed E-state index contributed by atoms with van der Waals surface area (Å²) >= 11 is 11.9. The van der Waals surface area contributed by atoms with E-state index in [1.54, 1.807) is 25.1 Å². The molecule has 5 heteroatoms. The average molecular weight is 360 g/mol. The topological polar surface area (TPSA) is 38.3 Å². The molecule has 0 saturated heterocycles. The van der Waals surface area contributed by atoms with Crippen LogP contribution in [0.3, 0.4) is 0 Å². The Labute approximate surface area is 150 Å². The molecule has 3 aromatic rings. The molecule has 1 amide bonds. The van der Waals surface area contributed by atoms with Crippen molar-refractivity contribution in [2.45, 2.75) is 13.0 Å². The average Bonchev–Trinajstić information content (AvgIpc) is 2.54. The quantitative estimate of drug-likeness (QED) is 0.662. The van der Waals surface area contributed by atoms with Crippen molar-refractivity contribution in [1.82, 2.24) is 0 Å². The number of amides is 1. The highest BCUT2D eigenvalue weighted by atomic mass is 35.5. The lowest BCUT2D eigenvalue weighted by Gasteiger charge is -2.16. The number of rotatable bonds is 4. The minimum Gasteiger partial charge on any atom is -0.480 e. The van der Waals surface area contributed by atoms with Gasteiger partial charge in [0.25, 0.3) is 5.91 Å². The summed E-state index contributed by atoms with van der Waals surface area (Å²) in [4.78, 5) is 12.4. The number of anilines is 1. The van der Waals surface area contributed by atoms with Crippen molar-refractivity contribution >= 4 is 45.6 Å². The fourth-order valence-electron chi connectivity index (χ4n) is 2.41. The number of carbonyl (C=O) groups is 1. The zero-order chi connectivity index (χ0) is 17.1. The molecule has 122 valence electrons. The SMILES string of the molecule is CC(Oc1cccc2ccccc12)C(=O)Nc1cc(Cl)cc(Cl)c1. The standard InChI is InChI=1S/C19H15Cl2NO2/c1-12(19(23)22-16-10-14(20)9-15(21)11-16)24-18-8-4-6-13-5-2-3-7-17(13)18/h2-12H,1H3,(H,22,23). The summed E-state index contributed by atoms with van der Waals surface area (Å²) in [5.41, 5.74) is 0.533. The molecule has 3 nitrogen and oxygen atoms in total. The number of fused-ring (bicyclic) bond motifs is 1. The van der Waals surface area contributed by atoms with Crippen molar-refractivity contribution in [3.63, 3.8) is 0 Å². The Kier molecular flexibility index (Phi) is 4.93. The first-order valence-electron chi connectivity index (χ1n) is 7.44. The Morgan fingerprint density at radius 3 is 2.42 bits per heavy atom. The van der Waals surface area contributed by atoms with Crippen molar-refractivity contribution in [2.24, 2.45) is 0 Å². The van der Waals surface area contributed by atoms with Gasteiger partial charge in [0.15, 0.2) is 6.10 Å². The summed E-state index contributed by atoms with van der Waals surface area (Å²) in [6.07, 6.45) is -0.673.